The summed E-state index contributed by atoms with van der Waals surface area (Å²) >= 11 is 0. The maximum absolute atomic E-state index is 13.0. The molecule has 0 aromatic heterocycles. The lowest BCUT2D eigenvalue weighted by Gasteiger charge is -2.27. The third-order valence-corrected chi connectivity index (χ3v) is 5.86. The minimum atomic E-state index is -1.07. The van der Waals surface area contributed by atoms with Crippen LogP contribution in [0.2, 0.25) is 0 Å². The smallest absolute Gasteiger partial charge is 0.266 e. The summed E-state index contributed by atoms with van der Waals surface area (Å²) in [6.45, 7) is 0.691. The van der Waals surface area contributed by atoms with Gasteiger partial charge in [0.25, 0.3) is 17.7 Å². The molecule has 1 aromatic rings. The summed E-state index contributed by atoms with van der Waals surface area (Å²) < 4.78 is 5.55. The van der Waals surface area contributed by atoms with E-state index in [1.165, 1.54) is 18.2 Å². The van der Waals surface area contributed by atoms with Gasteiger partial charge in [0, 0.05) is 24.4 Å². The molecule has 2 aliphatic rings. The Bertz CT molecular complexity index is 1050. The van der Waals surface area contributed by atoms with Crippen LogP contribution in [-0.4, -0.2) is 60.2 Å². The van der Waals surface area contributed by atoms with Gasteiger partial charge in [0.15, 0.2) is 6.61 Å². The van der Waals surface area contributed by atoms with E-state index in [0.29, 0.717) is 13.1 Å². The number of hydrogen-bond donors (Lipinski definition) is 2. The minimum Gasteiger partial charge on any atom is -0.483 e. The third-order valence-electron chi connectivity index (χ3n) is 5.86. The van der Waals surface area contributed by atoms with Crippen LogP contribution in [-0.2, 0) is 14.4 Å². The third kappa shape index (κ3) is 6.57. The van der Waals surface area contributed by atoms with E-state index in [-0.39, 0.29) is 42.2 Å². The molecule has 186 valence electrons. The number of amides is 5. The molecule has 2 aliphatic heterocycles. The van der Waals surface area contributed by atoms with Crippen molar-refractivity contribution in [3.8, 4) is 5.75 Å². The molecule has 2 heterocycles. The van der Waals surface area contributed by atoms with Crippen LogP contribution in [0.15, 0.2) is 23.3 Å². The van der Waals surface area contributed by atoms with Crippen molar-refractivity contribution in [3.05, 3.63) is 39.8 Å². The second-order valence-electron chi connectivity index (χ2n) is 8.34. The first kappa shape index (κ1) is 25.7. The zero-order valence-corrected chi connectivity index (χ0v) is 19.3. The van der Waals surface area contributed by atoms with Gasteiger partial charge < -0.3 is 10.1 Å². The highest BCUT2D eigenvalue weighted by molar-refractivity contribution is 6.24. The number of ether oxygens (including phenoxy) is 1. The minimum absolute atomic E-state index is 0.00969. The van der Waals surface area contributed by atoms with Crippen LogP contribution in [0, 0.1) is 0 Å². The molecule has 1 fully saturated rings. The summed E-state index contributed by atoms with van der Waals surface area (Å²) in [6, 6.07) is 3.43. The molecule has 1 saturated heterocycles. The number of hydrogen-bond acceptors (Lipinski definition) is 7. The molecule has 0 bridgehead atoms. The van der Waals surface area contributed by atoms with Crippen molar-refractivity contribution >= 4 is 29.5 Å². The van der Waals surface area contributed by atoms with Gasteiger partial charge in [-0.1, -0.05) is 36.9 Å². The molecule has 35 heavy (non-hydrogen) atoms. The Labute approximate surface area is 202 Å². The molecule has 5 amide bonds. The van der Waals surface area contributed by atoms with E-state index in [0.717, 1.165) is 43.4 Å². The quantitative estimate of drug-likeness (QED) is 0.143. The molecule has 12 heteroatoms. The van der Waals surface area contributed by atoms with E-state index in [4.69, 9.17) is 10.3 Å². The predicted molar refractivity (Wildman–Crippen MR) is 123 cm³/mol. The molecule has 0 radical (unpaired) electrons. The van der Waals surface area contributed by atoms with Crippen molar-refractivity contribution in [1.29, 1.82) is 0 Å². The van der Waals surface area contributed by atoms with Crippen molar-refractivity contribution in [2.45, 2.75) is 57.4 Å². The fourth-order valence-electron chi connectivity index (χ4n) is 4.09. The van der Waals surface area contributed by atoms with E-state index in [1.54, 1.807) is 0 Å². The van der Waals surface area contributed by atoms with Crippen molar-refractivity contribution in [2.75, 3.05) is 19.7 Å². The fourth-order valence-corrected chi connectivity index (χ4v) is 4.09. The van der Waals surface area contributed by atoms with Crippen LogP contribution in [0.3, 0.4) is 0 Å². The fraction of sp³-hybridized carbons (Fsp3) is 0.522. The number of nitrogens with one attached hydrogen (secondary N) is 2. The molecule has 1 unspecified atom stereocenters. The maximum Gasteiger partial charge on any atom is 0.266 e. The Morgan fingerprint density at radius 1 is 1.11 bits per heavy atom. The number of benzene rings is 1. The summed E-state index contributed by atoms with van der Waals surface area (Å²) in [6.07, 6.45) is 5.81. The van der Waals surface area contributed by atoms with Crippen molar-refractivity contribution in [2.24, 2.45) is 5.11 Å². The largest absolute Gasteiger partial charge is 0.483 e. The number of carbonyl (C=O) groups is 5. The second-order valence-corrected chi connectivity index (χ2v) is 8.34. The van der Waals surface area contributed by atoms with Gasteiger partial charge in [-0.2, -0.15) is 0 Å². The van der Waals surface area contributed by atoms with Crippen molar-refractivity contribution in [1.82, 2.24) is 15.5 Å². The highest BCUT2D eigenvalue weighted by Crippen LogP contribution is 2.33. The highest BCUT2D eigenvalue weighted by Gasteiger charge is 2.46. The van der Waals surface area contributed by atoms with Gasteiger partial charge in [-0.25, -0.2) is 0 Å². The first-order chi connectivity index (χ1) is 16.9. The number of unbranched alkanes of at least 4 members (excludes halogenated alkanes) is 5. The molecule has 1 atom stereocenters. The number of rotatable bonds is 13. The highest BCUT2D eigenvalue weighted by atomic mass is 16.5. The van der Waals surface area contributed by atoms with Crippen LogP contribution in [0.5, 0.6) is 5.75 Å². The Hall–Kier alpha value is -3.92. The summed E-state index contributed by atoms with van der Waals surface area (Å²) in [5.41, 5.74) is 8.32. The number of nitrogens with zero attached hydrogens (tertiary/aromatic N) is 4. The predicted octanol–water partition coefficient (Wildman–Crippen LogP) is 2.23. The average Bonchev–Trinajstić information content (AvgIpc) is 3.09. The van der Waals surface area contributed by atoms with E-state index < -0.39 is 29.7 Å². The monoisotopic (exact) mass is 484 g/mol. The van der Waals surface area contributed by atoms with Crippen molar-refractivity contribution < 1.29 is 28.7 Å². The molecule has 1 aromatic carbocycles. The SMILES string of the molecule is [N-]=[N+]=NCCCCCCCCNC(=O)COc1cccc2c1C(=O)N(C1CCC(=O)NC1=O)C2=O. The molecule has 3 rings (SSSR count). The lowest BCUT2D eigenvalue weighted by atomic mass is 10.0. The first-order valence-corrected chi connectivity index (χ1v) is 11.7. The number of fused-ring (bicyclic) bond motifs is 1. The van der Waals surface area contributed by atoms with Crippen LogP contribution in [0.25, 0.3) is 10.4 Å². The maximum atomic E-state index is 13.0. The molecule has 0 saturated carbocycles. The zero-order valence-electron chi connectivity index (χ0n) is 19.3. The Morgan fingerprint density at radius 2 is 1.86 bits per heavy atom. The van der Waals surface area contributed by atoms with E-state index in [1.807, 2.05) is 0 Å². The van der Waals surface area contributed by atoms with Crippen LogP contribution < -0.4 is 15.4 Å². The van der Waals surface area contributed by atoms with Crippen LogP contribution in [0.4, 0.5) is 0 Å². The van der Waals surface area contributed by atoms with E-state index in [9.17, 15) is 24.0 Å². The van der Waals surface area contributed by atoms with Gasteiger partial charge in [0.1, 0.15) is 11.8 Å². The standard InChI is InChI=1S/C23H28N6O6/c24-28-26-13-6-4-2-1-3-5-12-25-19(31)14-35-17-9-7-8-15-20(17)23(34)29(22(15)33)16-10-11-18(30)27-21(16)32/h7-9,16H,1-6,10-14H2,(H,25,31)(H,27,30,32). The molecule has 0 aliphatic carbocycles. The van der Waals surface area contributed by atoms with Gasteiger partial charge in [-0.15, -0.1) is 0 Å². The molecular formula is C23H28N6O6. The van der Waals surface area contributed by atoms with Gasteiger partial charge in [0.05, 0.1) is 11.1 Å². The van der Waals surface area contributed by atoms with Crippen LogP contribution >= 0.6 is 0 Å². The number of piperidine rings is 1. The molecular weight excluding hydrogens is 456 g/mol. The van der Waals surface area contributed by atoms with E-state index in [2.05, 4.69) is 20.7 Å². The molecule has 0 spiro atoms. The number of azide groups is 1. The summed E-state index contributed by atoms with van der Waals surface area (Å²) in [4.78, 5) is 65.2. The van der Waals surface area contributed by atoms with Gasteiger partial charge in [-0.3, -0.25) is 34.2 Å². The molecule has 2 N–H and O–H groups in total. The van der Waals surface area contributed by atoms with Gasteiger partial charge >= 0.3 is 0 Å². The van der Waals surface area contributed by atoms with E-state index >= 15 is 0 Å². The Kier molecular flexibility index (Phi) is 9.19. The number of imide groups is 2. The lowest BCUT2D eigenvalue weighted by molar-refractivity contribution is -0.136. The first-order valence-electron chi connectivity index (χ1n) is 11.7. The Morgan fingerprint density at radius 3 is 2.60 bits per heavy atom. The van der Waals surface area contributed by atoms with Gasteiger partial charge in [0.2, 0.25) is 11.8 Å². The topological polar surface area (TPSA) is 171 Å². The second kappa shape index (κ2) is 12.5. The molecule has 12 nitrogen and oxygen atoms in total. The zero-order chi connectivity index (χ0) is 25.2. The summed E-state index contributed by atoms with van der Waals surface area (Å²) in [7, 11) is 0. The van der Waals surface area contributed by atoms with Crippen LogP contribution in [0.1, 0.15) is 72.1 Å². The number of carbonyl (C=O) groups excluding carboxylic acids is 5. The lowest BCUT2D eigenvalue weighted by Crippen LogP contribution is -2.54. The Balaban J connectivity index is 1.45. The summed E-state index contributed by atoms with van der Waals surface area (Å²) in [5.74, 6) is -2.71. The van der Waals surface area contributed by atoms with Crippen molar-refractivity contribution in [3.63, 3.8) is 0 Å². The normalized spacial score (nSPS) is 17.0. The van der Waals surface area contributed by atoms with Gasteiger partial charge in [-0.05, 0) is 36.9 Å². The average molecular weight is 485 g/mol. The summed E-state index contributed by atoms with van der Waals surface area (Å²) in [5, 5.41) is 8.41.